The van der Waals surface area contributed by atoms with Crippen LogP contribution in [0.5, 0.6) is 17.2 Å². The number of ether oxygens (including phenoxy) is 1. The van der Waals surface area contributed by atoms with Gasteiger partial charge in [-0.3, -0.25) is 0 Å². The molecule has 0 saturated carbocycles. The lowest BCUT2D eigenvalue weighted by Gasteiger charge is -2.09. The number of phenolic OH excluding ortho intramolecular Hbond substituents is 2. The topological polar surface area (TPSA) is 49.7 Å². The molecule has 2 aromatic carbocycles. The molecule has 3 nitrogen and oxygen atoms in total. The Morgan fingerprint density at radius 3 is 2.47 bits per heavy atom. The Morgan fingerprint density at radius 2 is 1.80 bits per heavy atom. The maximum absolute atomic E-state index is 9.80. The highest BCUT2D eigenvalue weighted by molar-refractivity contribution is 5.96. The number of phenols is 2. The van der Waals surface area contributed by atoms with Gasteiger partial charge in [0, 0.05) is 0 Å². The van der Waals surface area contributed by atoms with Crippen molar-refractivity contribution in [2.75, 3.05) is 7.11 Å². The van der Waals surface area contributed by atoms with Crippen LogP contribution < -0.4 is 4.74 Å². The Hall–Kier alpha value is -1.90. The fourth-order valence-electron chi connectivity index (χ4n) is 1.75. The summed E-state index contributed by atoms with van der Waals surface area (Å²) in [6.45, 7) is 1.90. The van der Waals surface area contributed by atoms with E-state index in [0.717, 1.165) is 10.9 Å². The molecular weight excluding hydrogens is 192 g/mol. The average molecular weight is 204 g/mol. The SMILES string of the molecule is COc1c(O)ccc2cc(C)cc(O)c12. The molecule has 15 heavy (non-hydrogen) atoms. The molecule has 2 rings (SSSR count). The Balaban J connectivity index is 2.91. The minimum atomic E-state index is 0.0316. The number of methoxy groups -OCH3 is 1. The summed E-state index contributed by atoms with van der Waals surface area (Å²) in [5.74, 6) is 0.465. The molecule has 0 aromatic heterocycles. The number of aryl methyl sites for hydroxylation is 1. The zero-order chi connectivity index (χ0) is 11.0. The minimum Gasteiger partial charge on any atom is -0.507 e. The van der Waals surface area contributed by atoms with Gasteiger partial charge in [0.1, 0.15) is 5.75 Å². The highest BCUT2D eigenvalue weighted by atomic mass is 16.5. The van der Waals surface area contributed by atoms with Crippen molar-refractivity contribution < 1.29 is 14.9 Å². The van der Waals surface area contributed by atoms with Gasteiger partial charge in [-0.2, -0.15) is 0 Å². The molecule has 0 aliphatic heterocycles. The Bertz CT molecular complexity index is 518. The number of fused-ring (bicyclic) bond motifs is 1. The smallest absolute Gasteiger partial charge is 0.172 e. The summed E-state index contributed by atoms with van der Waals surface area (Å²) >= 11 is 0. The lowest BCUT2D eigenvalue weighted by Crippen LogP contribution is -1.87. The van der Waals surface area contributed by atoms with Crippen molar-refractivity contribution in [3.8, 4) is 17.2 Å². The van der Waals surface area contributed by atoms with E-state index in [1.54, 1.807) is 18.2 Å². The Kier molecular flexibility index (Phi) is 2.15. The molecule has 0 aliphatic carbocycles. The molecule has 78 valence electrons. The molecule has 0 aliphatic rings. The van der Waals surface area contributed by atoms with E-state index in [4.69, 9.17) is 4.74 Å². The molecule has 0 unspecified atom stereocenters. The molecule has 0 bridgehead atoms. The fourth-order valence-corrected chi connectivity index (χ4v) is 1.75. The summed E-state index contributed by atoms with van der Waals surface area (Å²) in [6, 6.07) is 6.88. The van der Waals surface area contributed by atoms with E-state index < -0.39 is 0 Å². The van der Waals surface area contributed by atoms with Crippen LogP contribution in [-0.2, 0) is 0 Å². The number of hydrogen-bond acceptors (Lipinski definition) is 3. The third-order valence-corrected chi connectivity index (χ3v) is 2.38. The second kappa shape index (κ2) is 3.35. The molecule has 0 atom stereocenters. The number of benzene rings is 2. The lowest BCUT2D eigenvalue weighted by molar-refractivity contribution is 0.376. The van der Waals surface area contributed by atoms with Crippen molar-refractivity contribution in [1.82, 2.24) is 0 Å². The minimum absolute atomic E-state index is 0.0316. The maximum Gasteiger partial charge on any atom is 0.172 e. The first-order chi connectivity index (χ1) is 7.13. The van der Waals surface area contributed by atoms with Crippen LogP contribution in [0.4, 0.5) is 0 Å². The van der Waals surface area contributed by atoms with Gasteiger partial charge in [-0.15, -0.1) is 0 Å². The van der Waals surface area contributed by atoms with Gasteiger partial charge in [-0.05, 0) is 30.0 Å². The van der Waals surface area contributed by atoms with Crippen molar-refractivity contribution in [2.45, 2.75) is 6.92 Å². The largest absolute Gasteiger partial charge is 0.507 e. The quantitative estimate of drug-likeness (QED) is 0.750. The van der Waals surface area contributed by atoms with Crippen LogP contribution in [0, 0.1) is 6.92 Å². The van der Waals surface area contributed by atoms with Crippen LogP contribution in [0.3, 0.4) is 0 Å². The molecule has 3 heteroatoms. The first-order valence-electron chi connectivity index (χ1n) is 4.62. The molecule has 0 amide bonds. The monoisotopic (exact) mass is 204 g/mol. The molecule has 2 N–H and O–H groups in total. The standard InChI is InChI=1S/C12H12O3/c1-7-5-8-3-4-9(13)12(15-2)11(8)10(14)6-7/h3-6,13-14H,1-2H3. The van der Waals surface area contributed by atoms with E-state index in [0.29, 0.717) is 11.1 Å². The summed E-state index contributed by atoms with van der Waals surface area (Å²) in [7, 11) is 1.47. The predicted octanol–water partition coefficient (Wildman–Crippen LogP) is 2.57. The summed E-state index contributed by atoms with van der Waals surface area (Å²) < 4.78 is 5.07. The first kappa shape index (κ1) is 9.65. The number of rotatable bonds is 1. The van der Waals surface area contributed by atoms with Crippen LogP contribution >= 0.6 is 0 Å². The van der Waals surface area contributed by atoms with E-state index in [-0.39, 0.29) is 11.5 Å². The highest BCUT2D eigenvalue weighted by Crippen LogP contribution is 2.40. The molecule has 0 saturated heterocycles. The van der Waals surface area contributed by atoms with E-state index in [1.165, 1.54) is 7.11 Å². The zero-order valence-corrected chi connectivity index (χ0v) is 8.61. The maximum atomic E-state index is 9.80. The van der Waals surface area contributed by atoms with Gasteiger partial charge >= 0.3 is 0 Å². The van der Waals surface area contributed by atoms with Gasteiger partial charge in [0.25, 0.3) is 0 Å². The van der Waals surface area contributed by atoms with Crippen molar-refractivity contribution in [2.24, 2.45) is 0 Å². The predicted molar refractivity (Wildman–Crippen MR) is 58.6 cm³/mol. The summed E-state index contributed by atoms with van der Waals surface area (Å²) in [4.78, 5) is 0. The van der Waals surface area contributed by atoms with Crippen molar-refractivity contribution in [1.29, 1.82) is 0 Å². The van der Waals surface area contributed by atoms with Crippen molar-refractivity contribution in [3.05, 3.63) is 29.8 Å². The molecule has 0 radical (unpaired) electrons. The van der Waals surface area contributed by atoms with E-state index in [2.05, 4.69) is 0 Å². The molecule has 0 spiro atoms. The fraction of sp³-hybridized carbons (Fsp3) is 0.167. The van der Waals surface area contributed by atoms with E-state index >= 15 is 0 Å². The second-order valence-corrected chi connectivity index (χ2v) is 3.50. The van der Waals surface area contributed by atoms with Crippen LogP contribution in [0.1, 0.15) is 5.56 Å². The van der Waals surface area contributed by atoms with Gasteiger partial charge in [-0.1, -0.05) is 12.1 Å². The molecule has 0 fully saturated rings. The second-order valence-electron chi connectivity index (χ2n) is 3.50. The normalized spacial score (nSPS) is 10.5. The number of aromatic hydroxyl groups is 2. The van der Waals surface area contributed by atoms with Gasteiger partial charge in [0.15, 0.2) is 11.5 Å². The summed E-state index contributed by atoms with van der Waals surface area (Å²) in [5, 5.41) is 20.8. The van der Waals surface area contributed by atoms with Gasteiger partial charge in [-0.25, -0.2) is 0 Å². The molecule has 2 aromatic rings. The van der Waals surface area contributed by atoms with Crippen LogP contribution in [0.15, 0.2) is 24.3 Å². The Labute approximate surface area is 87.5 Å². The van der Waals surface area contributed by atoms with Crippen LogP contribution in [0.25, 0.3) is 10.8 Å². The first-order valence-corrected chi connectivity index (χ1v) is 4.62. The van der Waals surface area contributed by atoms with Crippen molar-refractivity contribution >= 4 is 10.8 Å². The van der Waals surface area contributed by atoms with E-state index in [1.807, 2.05) is 13.0 Å². The van der Waals surface area contributed by atoms with Gasteiger partial charge < -0.3 is 14.9 Å². The number of hydrogen-bond donors (Lipinski definition) is 2. The highest BCUT2D eigenvalue weighted by Gasteiger charge is 2.11. The summed E-state index contributed by atoms with van der Waals surface area (Å²) in [6.07, 6.45) is 0. The Morgan fingerprint density at radius 1 is 1.07 bits per heavy atom. The molecule has 0 heterocycles. The van der Waals surface area contributed by atoms with E-state index in [9.17, 15) is 10.2 Å². The van der Waals surface area contributed by atoms with Gasteiger partial charge in [0.2, 0.25) is 0 Å². The van der Waals surface area contributed by atoms with Gasteiger partial charge in [0.05, 0.1) is 12.5 Å². The summed E-state index contributed by atoms with van der Waals surface area (Å²) in [5.41, 5.74) is 0.966. The van der Waals surface area contributed by atoms with Crippen LogP contribution in [-0.4, -0.2) is 17.3 Å². The molecular formula is C12H12O3. The average Bonchev–Trinajstić information content (AvgIpc) is 2.18. The third-order valence-electron chi connectivity index (χ3n) is 2.38. The van der Waals surface area contributed by atoms with Crippen LogP contribution in [0.2, 0.25) is 0 Å². The van der Waals surface area contributed by atoms with Crippen molar-refractivity contribution in [3.63, 3.8) is 0 Å². The zero-order valence-electron chi connectivity index (χ0n) is 8.61. The lowest BCUT2D eigenvalue weighted by atomic mass is 10.1. The third kappa shape index (κ3) is 1.46.